The predicted octanol–water partition coefficient (Wildman–Crippen LogP) is 1.10. The number of morpholine rings is 1. The summed E-state index contributed by atoms with van der Waals surface area (Å²) in [6, 6.07) is 0. The van der Waals surface area contributed by atoms with E-state index in [4.69, 9.17) is 4.74 Å². The Kier molecular flexibility index (Phi) is 4.42. The first-order valence-electron chi connectivity index (χ1n) is 6.43. The molecule has 15 heavy (non-hydrogen) atoms. The van der Waals surface area contributed by atoms with Crippen LogP contribution in [0.5, 0.6) is 0 Å². The Morgan fingerprint density at radius 2 is 2.40 bits per heavy atom. The van der Waals surface area contributed by atoms with Crippen molar-refractivity contribution < 1.29 is 4.74 Å². The Hall–Kier alpha value is -0.120. The van der Waals surface area contributed by atoms with Crippen LogP contribution in [0.1, 0.15) is 26.2 Å². The second-order valence-electron chi connectivity index (χ2n) is 4.87. The third kappa shape index (κ3) is 3.44. The van der Waals surface area contributed by atoms with Gasteiger partial charge in [-0.15, -0.1) is 0 Å². The summed E-state index contributed by atoms with van der Waals surface area (Å²) in [6.07, 6.45) is 4.39. The number of nitrogens with zero attached hydrogens (tertiary/aromatic N) is 1. The summed E-state index contributed by atoms with van der Waals surface area (Å²) in [5, 5.41) is 3.49. The van der Waals surface area contributed by atoms with E-state index in [1.807, 2.05) is 0 Å². The fourth-order valence-electron chi connectivity index (χ4n) is 2.64. The minimum Gasteiger partial charge on any atom is -0.376 e. The fourth-order valence-corrected chi connectivity index (χ4v) is 2.64. The molecule has 1 N–H and O–H groups in total. The summed E-state index contributed by atoms with van der Waals surface area (Å²) in [5.41, 5.74) is 0. The van der Waals surface area contributed by atoms with E-state index < -0.39 is 0 Å². The molecule has 0 amide bonds. The first kappa shape index (κ1) is 11.4. The van der Waals surface area contributed by atoms with Gasteiger partial charge in [0.15, 0.2) is 0 Å². The van der Waals surface area contributed by atoms with E-state index >= 15 is 0 Å². The molecular formula is C12H24N2O. The normalized spacial score (nSPS) is 34.2. The second kappa shape index (κ2) is 5.83. The maximum absolute atomic E-state index is 5.69. The molecular weight excluding hydrogens is 188 g/mol. The average Bonchev–Trinajstić information content (AvgIpc) is 2.31. The maximum Gasteiger partial charge on any atom is 0.0700 e. The molecule has 0 spiro atoms. The Bertz CT molecular complexity index is 180. The Labute approximate surface area is 93.2 Å². The number of hydrogen-bond donors (Lipinski definition) is 1. The summed E-state index contributed by atoms with van der Waals surface area (Å²) >= 11 is 0. The van der Waals surface area contributed by atoms with Gasteiger partial charge >= 0.3 is 0 Å². The van der Waals surface area contributed by atoms with Crippen molar-refractivity contribution in [2.45, 2.75) is 32.3 Å². The molecule has 2 unspecified atom stereocenters. The number of rotatable bonds is 3. The van der Waals surface area contributed by atoms with Gasteiger partial charge in [0, 0.05) is 19.6 Å². The van der Waals surface area contributed by atoms with Gasteiger partial charge in [0.25, 0.3) is 0 Å². The number of piperidine rings is 1. The molecule has 2 rings (SSSR count). The lowest BCUT2D eigenvalue weighted by molar-refractivity contribution is -0.0348. The van der Waals surface area contributed by atoms with E-state index in [0.29, 0.717) is 6.10 Å². The quantitative estimate of drug-likeness (QED) is 0.758. The van der Waals surface area contributed by atoms with Gasteiger partial charge in [-0.2, -0.15) is 0 Å². The van der Waals surface area contributed by atoms with Crippen molar-refractivity contribution in [1.82, 2.24) is 10.2 Å². The highest BCUT2D eigenvalue weighted by molar-refractivity contribution is 4.76. The van der Waals surface area contributed by atoms with Gasteiger partial charge in [0.2, 0.25) is 0 Å². The topological polar surface area (TPSA) is 24.5 Å². The fraction of sp³-hybridized carbons (Fsp3) is 1.00. The standard InChI is InChI=1S/C12H24N2O/c1-2-12-10-14(6-7-15-12)9-11-4-3-5-13-8-11/h11-13H,2-10H2,1H3. The lowest BCUT2D eigenvalue weighted by atomic mass is 9.98. The van der Waals surface area contributed by atoms with E-state index in [1.165, 1.54) is 32.5 Å². The van der Waals surface area contributed by atoms with Crippen molar-refractivity contribution in [1.29, 1.82) is 0 Å². The molecule has 0 radical (unpaired) electrons. The smallest absolute Gasteiger partial charge is 0.0700 e. The third-order valence-corrected chi connectivity index (χ3v) is 3.59. The molecule has 88 valence electrons. The van der Waals surface area contributed by atoms with Gasteiger partial charge in [-0.1, -0.05) is 6.92 Å². The lowest BCUT2D eigenvalue weighted by Crippen LogP contribution is -2.46. The summed E-state index contributed by atoms with van der Waals surface area (Å²) in [5.74, 6) is 0.870. The molecule has 0 aromatic carbocycles. The van der Waals surface area contributed by atoms with Crippen LogP contribution in [-0.4, -0.2) is 50.3 Å². The molecule has 2 atom stereocenters. The molecule has 2 saturated heterocycles. The molecule has 3 nitrogen and oxygen atoms in total. The van der Waals surface area contributed by atoms with E-state index in [2.05, 4.69) is 17.1 Å². The first-order valence-corrected chi connectivity index (χ1v) is 6.43. The molecule has 2 aliphatic heterocycles. The van der Waals surface area contributed by atoms with Crippen molar-refractivity contribution in [3.05, 3.63) is 0 Å². The first-order chi connectivity index (χ1) is 7.38. The van der Waals surface area contributed by atoms with E-state index in [0.717, 1.165) is 32.0 Å². The zero-order chi connectivity index (χ0) is 10.5. The van der Waals surface area contributed by atoms with E-state index in [1.54, 1.807) is 0 Å². The van der Waals surface area contributed by atoms with Crippen molar-refractivity contribution in [3.8, 4) is 0 Å². The van der Waals surface area contributed by atoms with Crippen molar-refractivity contribution in [2.24, 2.45) is 5.92 Å². The highest BCUT2D eigenvalue weighted by Gasteiger charge is 2.22. The van der Waals surface area contributed by atoms with Crippen molar-refractivity contribution in [2.75, 3.05) is 39.3 Å². The number of nitrogens with one attached hydrogen (secondary N) is 1. The van der Waals surface area contributed by atoms with Gasteiger partial charge in [-0.05, 0) is 38.3 Å². The van der Waals surface area contributed by atoms with Crippen LogP contribution >= 0.6 is 0 Å². The molecule has 0 aliphatic carbocycles. The molecule has 2 heterocycles. The summed E-state index contributed by atoms with van der Waals surface area (Å²) in [4.78, 5) is 2.59. The summed E-state index contributed by atoms with van der Waals surface area (Å²) < 4.78 is 5.69. The Morgan fingerprint density at radius 1 is 1.47 bits per heavy atom. The van der Waals surface area contributed by atoms with Crippen LogP contribution in [0, 0.1) is 5.92 Å². The van der Waals surface area contributed by atoms with E-state index in [9.17, 15) is 0 Å². The SMILES string of the molecule is CCC1CN(CC2CCCNC2)CCO1. The van der Waals surface area contributed by atoms with Gasteiger partial charge in [-0.3, -0.25) is 4.90 Å². The zero-order valence-corrected chi connectivity index (χ0v) is 9.87. The minimum atomic E-state index is 0.482. The minimum absolute atomic E-state index is 0.482. The second-order valence-corrected chi connectivity index (χ2v) is 4.87. The molecule has 0 aromatic heterocycles. The van der Waals surface area contributed by atoms with Crippen LogP contribution in [0.3, 0.4) is 0 Å². The number of ether oxygens (including phenoxy) is 1. The predicted molar refractivity (Wildman–Crippen MR) is 62.1 cm³/mol. The molecule has 2 fully saturated rings. The summed E-state index contributed by atoms with van der Waals surface area (Å²) in [6.45, 7) is 9.13. The van der Waals surface area contributed by atoms with Gasteiger partial charge in [-0.25, -0.2) is 0 Å². The van der Waals surface area contributed by atoms with Crippen LogP contribution in [0.15, 0.2) is 0 Å². The lowest BCUT2D eigenvalue weighted by Gasteiger charge is -2.35. The van der Waals surface area contributed by atoms with Gasteiger partial charge in [0.1, 0.15) is 0 Å². The molecule has 0 bridgehead atoms. The monoisotopic (exact) mass is 212 g/mol. The highest BCUT2D eigenvalue weighted by Crippen LogP contribution is 2.15. The Balaban J connectivity index is 1.72. The molecule has 3 heteroatoms. The van der Waals surface area contributed by atoms with Crippen LogP contribution < -0.4 is 5.32 Å². The van der Waals surface area contributed by atoms with Crippen LogP contribution in [0.25, 0.3) is 0 Å². The van der Waals surface area contributed by atoms with E-state index in [-0.39, 0.29) is 0 Å². The summed E-state index contributed by atoms with van der Waals surface area (Å²) in [7, 11) is 0. The van der Waals surface area contributed by atoms with Gasteiger partial charge < -0.3 is 10.1 Å². The molecule has 0 aromatic rings. The van der Waals surface area contributed by atoms with Crippen molar-refractivity contribution in [3.63, 3.8) is 0 Å². The maximum atomic E-state index is 5.69. The third-order valence-electron chi connectivity index (χ3n) is 3.59. The Morgan fingerprint density at radius 3 is 3.13 bits per heavy atom. The zero-order valence-electron chi connectivity index (χ0n) is 9.87. The number of hydrogen-bond acceptors (Lipinski definition) is 3. The molecule has 0 saturated carbocycles. The van der Waals surface area contributed by atoms with Crippen LogP contribution in [0.2, 0.25) is 0 Å². The van der Waals surface area contributed by atoms with Crippen molar-refractivity contribution >= 4 is 0 Å². The van der Waals surface area contributed by atoms with Crippen LogP contribution in [-0.2, 0) is 4.74 Å². The highest BCUT2D eigenvalue weighted by atomic mass is 16.5. The average molecular weight is 212 g/mol. The van der Waals surface area contributed by atoms with Crippen LogP contribution in [0.4, 0.5) is 0 Å². The molecule has 2 aliphatic rings. The largest absolute Gasteiger partial charge is 0.376 e. The van der Waals surface area contributed by atoms with Gasteiger partial charge in [0.05, 0.1) is 12.7 Å².